The molecule has 0 saturated heterocycles. The molecule has 3 aromatic rings. The van der Waals surface area contributed by atoms with E-state index < -0.39 is 5.54 Å². The summed E-state index contributed by atoms with van der Waals surface area (Å²) in [6.07, 6.45) is 4.92. The molecule has 4 rings (SSSR count). The van der Waals surface area contributed by atoms with Gasteiger partial charge in [0.05, 0.1) is 5.54 Å². The molecule has 1 aromatic carbocycles. The first-order valence-corrected chi connectivity index (χ1v) is 8.74. The molecule has 0 amide bonds. The van der Waals surface area contributed by atoms with Crippen molar-refractivity contribution in [2.24, 2.45) is 5.73 Å². The monoisotopic (exact) mass is 357 g/mol. The number of halogens is 1. The van der Waals surface area contributed by atoms with Crippen molar-refractivity contribution >= 4 is 0 Å². The van der Waals surface area contributed by atoms with Gasteiger partial charge < -0.3 is 14.8 Å². The van der Waals surface area contributed by atoms with Crippen LogP contribution in [0.1, 0.15) is 48.9 Å². The van der Waals surface area contributed by atoms with E-state index in [1.807, 2.05) is 0 Å². The number of aryl methyl sites for hydroxylation is 3. The molecule has 2 N–H and O–H groups in total. The summed E-state index contributed by atoms with van der Waals surface area (Å²) < 4.78 is 24.0. The number of nitrogens with two attached hydrogens (primary N) is 1. The Balaban J connectivity index is 1.42. The number of aromatic nitrogens is 4. The zero-order valence-electron chi connectivity index (χ0n) is 14.5. The van der Waals surface area contributed by atoms with Gasteiger partial charge in [-0.2, -0.15) is 9.97 Å². The van der Waals surface area contributed by atoms with Crippen LogP contribution in [-0.2, 0) is 18.4 Å². The Hall–Kier alpha value is -2.61. The van der Waals surface area contributed by atoms with Gasteiger partial charge in [-0.25, -0.2) is 4.39 Å². The van der Waals surface area contributed by atoms with Crippen molar-refractivity contribution in [3.63, 3.8) is 0 Å². The van der Waals surface area contributed by atoms with Gasteiger partial charge in [-0.1, -0.05) is 23.2 Å². The molecule has 1 aliphatic rings. The first-order valence-electron chi connectivity index (χ1n) is 8.74. The number of benzene rings is 1. The summed E-state index contributed by atoms with van der Waals surface area (Å²) in [4.78, 5) is 8.78. The van der Waals surface area contributed by atoms with E-state index in [0.29, 0.717) is 47.4 Å². The quantitative estimate of drug-likeness (QED) is 0.748. The highest BCUT2D eigenvalue weighted by molar-refractivity contribution is 5.55. The molecule has 1 fully saturated rings. The Morgan fingerprint density at radius 1 is 1.08 bits per heavy atom. The lowest BCUT2D eigenvalue weighted by atomic mass is 9.99. The first-order chi connectivity index (χ1) is 12.5. The van der Waals surface area contributed by atoms with Gasteiger partial charge in [0.1, 0.15) is 5.82 Å². The van der Waals surface area contributed by atoms with Crippen molar-refractivity contribution in [3.8, 4) is 11.4 Å². The highest BCUT2D eigenvalue weighted by Crippen LogP contribution is 2.34. The minimum absolute atomic E-state index is 0.260. The Kier molecular flexibility index (Phi) is 4.28. The van der Waals surface area contributed by atoms with Crippen LogP contribution in [0.25, 0.3) is 11.4 Å². The Morgan fingerprint density at radius 2 is 1.77 bits per heavy atom. The minimum Gasteiger partial charge on any atom is -0.339 e. The number of nitrogens with zero attached hydrogens (tertiary/aromatic N) is 4. The summed E-state index contributed by atoms with van der Waals surface area (Å²) in [6, 6.07) is 4.71. The van der Waals surface area contributed by atoms with E-state index in [4.69, 9.17) is 14.8 Å². The molecule has 0 bridgehead atoms. The Labute approximate surface area is 149 Å². The molecular formula is C18H20FN5O2. The van der Waals surface area contributed by atoms with E-state index in [1.54, 1.807) is 19.1 Å². The molecule has 0 spiro atoms. The van der Waals surface area contributed by atoms with E-state index in [1.165, 1.54) is 6.07 Å². The highest BCUT2D eigenvalue weighted by Gasteiger charge is 2.35. The molecule has 0 unspecified atom stereocenters. The molecule has 8 heteroatoms. The van der Waals surface area contributed by atoms with Gasteiger partial charge in [-0.05, 0) is 43.5 Å². The highest BCUT2D eigenvalue weighted by atomic mass is 19.1. The van der Waals surface area contributed by atoms with E-state index in [2.05, 4.69) is 20.3 Å². The third-order valence-electron chi connectivity index (χ3n) is 4.85. The molecule has 2 aromatic heterocycles. The fourth-order valence-corrected chi connectivity index (χ4v) is 3.26. The lowest BCUT2D eigenvalue weighted by Crippen LogP contribution is -2.34. The molecule has 0 aliphatic heterocycles. The average molecular weight is 357 g/mol. The van der Waals surface area contributed by atoms with Gasteiger partial charge in [0.25, 0.3) is 0 Å². The van der Waals surface area contributed by atoms with Gasteiger partial charge in [0.2, 0.25) is 17.6 Å². The fraction of sp³-hybridized carbons (Fsp3) is 0.444. The normalized spacial score (nSPS) is 16.3. The van der Waals surface area contributed by atoms with Crippen molar-refractivity contribution in [2.45, 2.75) is 51.0 Å². The molecule has 0 atom stereocenters. The summed E-state index contributed by atoms with van der Waals surface area (Å²) in [5.41, 5.74) is 7.13. The Morgan fingerprint density at radius 3 is 2.50 bits per heavy atom. The van der Waals surface area contributed by atoms with Crippen LogP contribution in [0.15, 0.2) is 27.2 Å². The van der Waals surface area contributed by atoms with E-state index in [9.17, 15) is 4.39 Å². The van der Waals surface area contributed by atoms with Crippen LogP contribution in [0.2, 0.25) is 0 Å². The van der Waals surface area contributed by atoms with Crippen LogP contribution in [-0.4, -0.2) is 20.3 Å². The second kappa shape index (κ2) is 6.60. The second-order valence-electron chi connectivity index (χ2n) is 6.85. The van der Waals surface area contributed by atoms with Crippen LogP contribution in [0.3, 0.4) is 0 Å². The fourth-order valence-electron chi connectivity index (χ4n) is 3.26. The van der Waals surface area contributed by atoms with Crippen molar-refractivity contribution in [1.29, 1.82) is 0 Å². The van der Waals surface area contributed by atoms with Gasteiger partial charge in [-0.15, -0.1) is 0 Å². The topological polar surface area (TPSA) is 104 Å². The van der Waals surface area contributed by atoms with E-state index in [0.717, 1.165) is 25.7 Å². The van der Waals surface area contributed by atoms with Gasteiger partial charge in [0.15, 0.2) is 5.82 Å². The van der Waals surface area contributed by atoms with Gasteiger partial charge in [0, 0.05) is 18.4 Å². The third kappa shape index (κ3) is 3.24. The molecule has 1 saturated carbocycles. The first kappa shape index (κ1) is 16.8. The largest absolute Gasteiger partial charge is 0.339 e. The zero-order chi connectivity index (χ0) is 18.1. The predicted molar refractivity (Wildman–Crippen MR) is 90.5 cm³/mol. The third-order valence-corrected chi connectivity index (χ3v) is 4.85. The molecule has 7 nitrogen and oxygen atoms in total. The maximum absolute atomic E-state index is 13.4. The molecule has 0 radical (unpaired) electrons. The van der Waals surface area contributed by atoms with Crippen molar-refractivity contribution in [2.75, 3.05) is 0 Å². The van der Waals surface area contributed by atoms with Crippen LogP contribution < -0.4 is 5.73 Å². The van der Waals surface area contributed by atoms with Gasteiger partial charge >= 0.3 is 0 Å². The maximum Gasteiger partial charge on any atom is 0.227 e. The zero-order valence-corrected chi connectivity index (χ0v) is 14.5. The average Bonchev–Trinajstić information content (AvgIpc) is 3.36. The molecule has 26 heavy (non-hydrogen) atoms. The summed E-state index contributed by atoms with van der Waals surface area (Å²) >= 11 is 0. The smallest absolute Gasteiger partial charge is 0.227 e. The molecular weight excluding hydrogens is 337 g/mol. The standard InChI is InChI=1S/C18H20FN5O2/c1-11-10-12(4-5-13(11)19)16-21-14(25-23-16)6-7-15-22-17(24-26-15)18(20)8-2-3-9-18/h4-5,10H,2-3,6-9,20H2,1H3. The predicted octanol–water partition coefficient (Wildman–Crippen LogP) is 3.08. The molecule has 136 valence electrons. The number of hydrogen-bond acceptors (Lipinski definition) is 7. The number of rotatable bonds is 5. The van der Waals surface area contributed by atoms with Crippen LogP contribution in [0.4, 0.5) is 4.39 Å². The lowest BCUT2D eigenvalue weighted by Gasteiger charge is -2.17. The second-order valence-corrected chi connectivity index (χ2v) is 6.85. The van der Waals surface area contributed by atoms with E-state index in [-0.39, 0.29) is 5.82 Å². The summed E-state index contributed by atoms with van der Waals surface area (Å²) in [7, 11) is 0. The molecule has 1 aliphatic carbocycles. The summed E-state index contributed by atoms with van der Waals surface area (Å²) in [6.45, 7) is 1.70. The van der Waals surface area contributed by atoms with Crippen LogP contribution in [0.5, 0.6) is 0 Å². The summed E-state index contributed by atoms with van der Waals surface area (Å²) in [5.74, 6) is 1.72. The maximum atomic E-state index is 13.4. The minimum atomic E-state index is -0.458. The molecule has 2 heterocycles. The van der Waals surface area contributed by atoms with Gasteiger partial charge in [-0.3, -0.25) is 0 Å². The SMILES string of the molecule is Cc1cc(-c2noc(CCc3nc(C4(N)CCCC4)no3)n2)ccc1F. The lowest BCUT2D eigenvalue weighted by molar-refractivity contribution is 0.339. The van der Waals surface area contributed by atoms with Crippen LogP contribution >= 0.6 is 0 Å². The summed E-state index contributed by atoms with van der Waals surface area (Å²) in [5, 5.41) is 7.99. The van der Waals surface area contributed by atoms with E-state index >= 15 is 0 Å². The Bertz CT molecular complexity index is 914. The van der Waals surface area contributed by atoms with Crippen molar-refractivity contribution in [1.82, 2.24) is 20.3 Å². The van der Waals surface area contributed by atoms with Crippen molar-refractivity contribution in [3.05, 3.63) is 47.2 Å². The van der Waals surface area contributed by atoms with Crippen LogP contribution in [0, 0.1) is 12.7 Å². The number of hydrogen-bond donors (Lipinski definition) is 1. The van der Waals surface area contributed by atoms with Crippen molar-refractivity contribution < 1.29 is 13.4 Å².